The van der Waals surface area contributed by atoms with Crippen LogP contribution in [-0.4, -0.2) is 20.6 Å². The summed E-state index contributed by atoms with van der Waals surface area (Å²) in [6.45, 7) is -3.82. The second-order valence-electron chi connectivity index (χ2n) is 7.01. The van der Waals surface area contributed by atoms with Crippen LogP contribution in [0.5, 0.6) is 5.75 Å². The van der Waals surface area contributed by atoms with Gasteiger partial charge in [0.05, 0.1) is 23.1 Å². The van der Waals surface area contributed by atoms with Crippen LogP contribution >= 0.6 is 0 Å². The Labute approximate surface area is 178 Å². The Morgan fingerprint density at radius 1 is 1.27 bits per heavy atom. The number of ether oxygens (including phenoxy) is 1. The van der Waals surface area contributed by atoms with E-state index in [1.165, 1.54) is 22.8 Å². The van der Waals surface area contributed by atoms with Gasteiger partial charge in [0.15, 0.2) is 0 Å². The molecule has 7 heteroatoms. The number of halogens is 1. The first kappa shape index (κ1) is 14.5. The smallest absolute Gasteiger partial charge is 0.258 e. The van der Waals surface area contributed by atoms with Crippen molar-refractivity contribution < 1.29 is 14.6 Å². The fourth-order valence-electron chi connectivity index (χ4n) is 3.62. The van der Waals surface area contributed by atoms with Crippen molar-refractivity contribution in [2.75, 3.05) is 6.50 Å². The van der Waals surface area contributed by atoms with Crippen LogP contribution in [0.15, 0.2) is 59.7 Å². The number of rotatable bonds is 4. The molecule has 152 valence electrons. The average molecular weight is 408 g/mol. The molecular weight excluding hydrogens is 383 g/mol. The Kier molecular flexibility index (Phi) is 3.59. The van der Waals surface area contributed by atoms with Crippen LogP contribution in [0.1, 0.15) is 22.4 Å². The van der Waals surface area contributed by atoms with Gasteiger partial charge in [-0.3, -0.25) is 14.3 Å². The van der Waals surface area contributed by atoms with Gasteiger partial charge in [-0.05, 0) is 35.9 Å². The molecule has 0 atom stereocenters. The summed E-state index contributed by atoms with van der Waals surface area (Å²) < 4.78 is 54.6. The minimum absolute atomic E-state index is 0.0251. The van der Waals surface area contributed by atoms with Crippen molar-refractivity contribution in [3.63, 3.8) is 0 Å². The maximum Gasteiger partial charge on any atom is 0.258 e. The van der Waals surface area contributed by atoms with Gasteiger partial charge >= 0.3 is 0 Å². The van der Waals surface area contributed by atoms with Crippen molar-refractivity contribution in [2.45, 2.75) is 19.5 Å². The standard InChI is InChI=1S/C23H21FN4O2/c1-27-21-6-8-25-13-20(21)19-5-4-17(10-22(19)27)28-9-7-18(11-23(28)29)30-14-16-3-2-15(24)12-26-16/h2-5,7,9-12,25H,6,8,13-14H2,1H3/i8D2,13D2. The highest BCUT2D eigenvalue weighted by atomic mass is 19.1. The van der Waals surface area contributed by atoms with E-state index in [2.05, 4.69) is 10.3 Å². The zero-order valence-electron chi connectivity index (χ0n) is 20.1. The van der Waals surface area contributed by atoms with Gasteiger partial charge < -0.3 is 14.6 Å². The molecule has 0 aliphatic carbocycles. The molecule has 3 aromatic heterocycles. The maximum absolute atomic E-state index is 13.0. The van der Waals surface area contributed by atoms with Gasteiger partial charge in [-0.1, -0.05) is 6.07 Å². The van der Waals surface area contributed by atoms with Gasteiger partial charge in [0.2, 0.25) is 0 Å². The minimum Gasteiger partial charge on any atom is -0.487 e. The van der Waals surface area contributed by atoms with Crippen molar-refractivity contribution in [3.8, 4) is 11.4 Å². The van der Waals surface area contributed by atoms with Crippen LogP contribution in [0.2, 0.25) is 0 Å². The summed E-state index contributed by atoms with van der Waals surface area (Å²) in [7, 11) is 1.77. The molecule has 0 unspecified atom stereocenters. The fraction of sp³-hybridized carbons (Fsp3) is 0.217. The van der Waals surface area contributed by atoms with Crippen LogP contribution in [-0.2, 0) is 26.6 Å². The van der Waals surface area contributed by atoms with Gasteiger partial charge in [-0.2, -0.15) is 0 Å². The molecule has 0 bridgehead atoms. The third kappa shape index (κ3) is 3.27. The molecule has 5 rings (SSSR count). The van der Waals surface area contributed by atoms with E-state index >= 15 is 0 Å². The summed E-state index contributed by atoms with van der Waals surface area (Å²) in [6.07, 6.45) is 2.71. The van der Waals surface area contributed by atoms with Crippen LogP contribution in [0.25, 0.3) is 16.6 Å². The molecule has 1 N–H and O–H groups in total. The SMILES string of the molecule is [2H]C1([2H])Cc2c(c3ccc(-n4ccc(OCc5ccc(F)cn5)cc4=O)cc3n2C)C([2H])([2H])N1. The van der Waals surface area contributed by atoms with Crippen LogP contribution in [0.4, 0.5) is 4.39 Å². The molecule has 30 heavy (non-hydrogen) atoms. The predicted octanol–water partition coefficient (Wildman–Crippen LogP) is 3.09. The lowest BCUT2D eigenvalue weighted by molar-refractivity contribution is 0.300. The number of nitrogens with one attached hydrogen (secondary N) is 1. The zero-order chi connectivity index (χ0) is 24.3. The summed E-state index contributed by atoms with van der Waals surface area (Å²) in [6, 6.07) is 11.0. The van der Waals surface area contributed by atoms with Crippen LogP contribution < -0.4 is 15.6 Å². The molecule has 0 radical (unpaired) electrons. The molecule has 0 saturated heterocycles. The van der Waals surface area contributed by atoms with Gasteiger partial charge in [0, 0.05) is 55.3 Å². The van der Waals surface area contributed by atoms with Gasteiger partial charge in [-0.15, -0.1) is 0 Å². The second-order valence-corrected chi connectivity index (χ2v) is 7.01. The number of aromatic nitrogens is 3. The maximum atomic E-state index is 13.0. The number of hydrogen-bond acceptors (Lipinski definition) is 4. The second kappa shape index (κ2) is 7.42. The summed E-state index contributed by atoms with van der Waals surface area (Å²) in [5.74, 6) is -0.0854. The third-order valence-electron chi connectivity index (χ3n) is 5.18. The minimum atomic E-state index is -2.03. The third-order valence-corrected chi connectivity index (χ3v) is 5.18. The molecule has 0 saturated carbocycles. The van der Waals surface area contributed by atoms with Crippen LogP contribution in [0.3, 0.4) is 0 Å². The van der Waals surface area contributed by atoms with Crippen molar-refractivity contribution in [2.24, 2.45) is 7.05 Å². The molecule has 1 aliphatic heterocycles. The monoisotopic (exact) mass is 408 g/mol. The average Bonchev–Trinajstić information content (AvgIpc) is 3.04. The highest BCUT2D eigenvalue weighted by Crippen LogP contribution is 2.29. The van der Waals surface area contributed by atoms with E-state index in [4.69, 9.17) is 10.2 Å². The summed E-state index contributed by atoms with van der Waals surface area (Å²) in [4.78, 5) is 16.7. The molecule has 1 aliphatic rings. The van der Waals surface area contributed by atoms with E-state index in [1.54, 1.807) is 42.1 Å². The van der Waals surface area contributed by atoms with Gasteiger partial charge in [-0.25, -0.2) is 4.39 Å². The molecule has 0 amide bonds. The first-order valence-corrected chi connectivity index (χ1v) is 9.41. The largest absolute Gasteiger partial charge is 0.487 e. The normalized spacial score (nSPS) is 18.7. The van der Waals surface area contributed by atoms with E-state index in [-0.39, 0.29) is 18.6 Å². The number of benzene rings is 1. The molecule has 0 fully saturated rings. The zero-order valence-corrected chi connectivity index (χ0v) is 16.1. The quantitative estimate of drug-likeness (QED) is 0.564. The van der Waals surface area contributed by atoms with E-state index in [0.29, 0.717) is 39.3 Å². The molecule has 0 spiro atoms. The Bertz CT molecular complexity index is 1460. The summed E-state index contributed by atoms with van der Waals surface area (Å²) in [5, 5.41) is 3.10. The molecule has 4 heterocycles. The van der Waals surface area contributed by atoms with Crippen molar-refractivity contribution in [1.29, 1.82) is 0 Å². The number of fused-ring (bicyclic) bond motifs is 3. The lowest BCUT2D eigenvalue weighted by Crippen LogP contribution is -2.24. The number of aryl methyl sites for hydroxylation is 1. The summed E-state index contributed by atoms with van der Waals surface area (Å²) in [5.41, 5.74) is 2.47. The van der Waals surface area contributed by atoms with Crippen molar-refractivity contribution >= 4 is 10.9 Å². The van der Waals surface area contributed by atoms with Gasteiger partial charge in [0.1, 0.15) is 18.2 Å². The summed E-state index contributed by atoms with van der Waals surface area (Å²) >= 11 is 0. The first-order chi connectivity index (χ1) is 16.0. The predicted molar refractivity (Wildman–Crippen MR) is 112 cm³/mol. The molecular formula is C23H21FN4O2. The van der Waals surface area contributed by atoms with E-state index in [9.17, 15) is 9.18 Å². The van der Waals surface area contributed by atoms with Gasteiger partial charge in [0.25, 0.3) is 5.56 Å². The topological polar surface area (TPSA) is 61.1 Å². The highest BCUT2D eigenvalue weighted by Gasteiger charge is 2.18. The Balaban J connectivity index is 1.47. The Morgan fingerprint density at radius 3 is 2.97 bits per heavy atom. The fourth-order valence-corrected chi connectivity index (χ4v) is 3.62. The highest BCUT2D eigenvalue weighted by molar-refractivity contribution is 5.87. The lowest BCUT2D eigenvalue weighted by atomic mass is 10.1. The number of hydrogen-bond donors (Lipinski definition) is 1. The molecule has 6 nitrogen and oxygen atoms in total. The van der Waals surface area contributed by atoms with Crippen LogP contribution in [0, 0.1) is 5.82 Å². The number of pyridine rings is 2. The van der Waals surface area contributed by atoms with E-state index in [0.717, 1.165) is 6.20 Å². The Hall–Kier alpha value is -3.45. The van der Waals surface area contributed by atoms with Crippen molar-refractivity contribution in [1.82, 2.24) is 19.4 Å². The molecule has 4 aromatic rings. The van der Waals surface area contributed by atoms with Crippen molar-refractivity contribution in [3.05, 3.63) is 88.0 Å². The number of nitrogens with zero attached hydrogens (tertiary/aromatic N) is 3. The van der Waals surface area contributed by atoms with E-state index in [1.807, 2.05) is 0 Å². The first-order valence-electron chi connectivity index (χ1n) is 11.4. The lowest BCUT2D eigenvalue weighted by Gasteiger charge is -2.14. The Morgan fingerprint density at radius 2 is 2.17 bits per heavy atom. The van der Waals surface area contributed by atoms with E-state index < -0.39 is 18.8 Å². The molecule has 1 aromatic carbocycles.